The molecule has 1 aromatic carbocycles. The minimum absolute atomic E-state index is 0.117. The van der Waals surface area contributed by atoms with E-state index in [9.17, 15) is 18.5 Å². The van der Waals surface area contributed by atoms with Gasteiger partial charge in [-0.3, -0.25) is 15.0 Å². The molecule has 0 atom stereocenters. The van der Waals surface area contributed by atoms with E-state index < -0.39 is 14.9 Å². The summed E-state index contributed by atoms with van der Waals surface area (Å²) in [6.07, 6.45) is 5.94. The third kappa shape index (κ3) is 4.03. The lowest BCUT2D eigenvalue weighted by molar-refractivity contribution is -0.384. The normalized spacial score (nSPS) is 15.9. The molecule has 1 fully saturated rings. The van der Waals surface area contributed by atoms with Gasteiger partial charge in [0.1, 0.15) is 5.69 Å². The molecule has 1 aromatic rings. The van der Waals surface area contributed by atoms with Crippen molar-refractivity contribution in [2.45, 2.75) is 11.3 Å². The number of nitrogens with one attached hydrogen (secondary N) is 1. The van der Waals surface area contributed by atoms with Crippen LogP contribution >= 0.6 is 0 Å². The van der Waals surface area contributed by atoms with Crippen molar-refractivity contribution in [2.75, 3.05) is 44.7 Å². The van der Waals surface area contributed by atoms with Crippen molar-refractivity contribution in [3.05, 3.63) is 28.3 Å². The van der Waals surface area contributed by atoms with Crippen molar-refractivity contribution in [1.82, 2.24) is 9.62 Å². The Balaban J connectivity index is 2.22. The fourth-order valence-corrected chi connectivity index (χ4v) is 3.39. The Hall–Kier alpha value is -2.15. The third-order valence-corrected chi connectivity index (χ3v) is 5.42. The minimum Gasteiger partial charge on any atom is -0.363 e. The van der Waals surface area contributed by atoms with Crippen molar-refractivity contribution in [1.29, 1.82) is 0 Å². The van der Waals surface area contributed by atoms with Gasteiger partial charge in [-0.15, -0.1) is 12.3 Å². The van der Waals surface area contributed by atoms with Crippen LogP contribution in [0.3, 0.4) is 0 Å². The Labute approximate surface area is 141 Å². The molecule has 1 saturated heterocycles. The van der Waals surface area contributed by atoms with Gasteiger partial charge in [0, 0.05) is 45.2 Å². The van der Waals surface area contributed by atoms with Crippen molar-refractivity contribution >= 4 is 21.4 Å². The Morgan fingerprint density at radius 3 is 2.54 bits per heavy atom. The van der Waals surface area contributed by atoms with E-state index >= 15 is 0 Å². The van der Waals surface area contributed by atoms with Crippen molar-refractivity contribution in [3.8, 4) is 12.3 Å². The maximum atomic E-state index is 11.8. The first kappa shape index (κ1) is 18.2. The Morgan fingerprint density at radius 2 is 2.00 bits per heavy atom. The molecule has 0 aromatic heterocycles. The molecule has 8 nitrogen and oxygen atoms in total. The van der Waals surface area contributed by atoms with E-state index in [4.69, 9.17) is 6.42 Å². The van der Waals surface area contributed by atoms with E-state index in [2.05, 4.69) is 15.5 Å². The molecule has 1 N–H and O–H groups in total. The Morgan fingerprint density at radius 1 is 1.33 bits per heavy atom. The molecule has 9 heteroatoms. The fourth-order valence-electron chi connectivity index (χ4n) is 2.64. The highest BCUT2D eigenvalue weighted by molar-refractivity contribution is 7.89. The van der Waals surface area contributed by atoms with Crippen molar-refractivity contribution in [3.63, 3.8) is 0 Å². The SMILES string of the molecule is C#CCCN1CCN(c2ccc(S(=O)(=O)NC)cc2[N+](=O)[O-])CC1. The average Bonchev–Trinajstić information content (AvgIpc) is 2.59. The van der Waals surface area contributed by atoms with E-state index in [1.807, 2.05) is 4.90 Å². The first-order chi connectivity index (χ1) is 11.4. The molecular formula is C15H20N4O4S. The van der Waals surface area contributed by atoms with Crippen LogP contribution in [0.15, 0.2) is 23.1 Å². The zero-order valence-electron chi connectivity index (χ0n) is 13.4. The number of nitro benzene ring substituents is 1. The summed E-state index contributed by atoms with van der Waals surface area (Å²) in [5, 5.41) is 11.4. The molecule has 1 heterocycles. The fraction of sp³-hybridized carbons (Fsp3) is 0.467. The van der Waals surface area contributed by atoms with Gasteiger partial charge in [0.05, 0.1) is 9.82 Å². The lowest BCUT2D eigenvalue weighted by Crippen LogP contribution is -2.46. The van der Waals surface area contributed by atoms with Crippen LogP contribution in [0.1, 0.15) is 6.42 Å². The van der Waals surface area contributed by atoms with Crippen LogP contribution in [0.2, 0.25) is 0 Å². The second-order valence-corrected chi connectivity index (χ2v) is 7.28. The van der Waals surface area contributed by atoms with Gasteiger partial charge < -0.3 is 4.90 Å². The maximum absolute atomic E-state index is 11.8. The second kappa shape index (κ2) is 7.61. The van der Waals surface area contributed by atoms with Crippen LogP contribution in [0.4, 0.5) is 11.4 Å². The molecule has 0 radical (unpaired) electrons. The predicted molar refractivity (Wildman–Crippen MR) is 91.4 cm³/mol. The number of nitrogens with zero attached hydrogens (tertiary/aromatic N) is 3. The van der Waals surface area contributed by atoms with Crippen molar-refractivity contribution < 1.29 is 13.3 Å². The summed E-state index contributed by atoms with van der Waals surface area (Å²) in [6.45, 7) is 3.59. The van der Waals surface area contributed by atoms with E-state index in [-0.39, 0.29) is 10.6 Å². The number of anilines is 1. The summed E-state index contributed by atoms with van der Waals surface area (Å²) < 4.78 is 25.8. The average molecular weight is 352 g/mol. The summed E-state index contributed by atoms with van der Waals surface area (Å²) in [4.78, 5) is 14.8. The zero-order valence-corrected chi connectivity index (χ0v) is 14.3. The van der Waals surface area contributed by atoms with Crippen molar-refractivity contribution in [2.24, 2.45) is 0 Å². The molecule has 0 bridgehead atoms. The molecule has 130 valence electrons. The van der Waals surface area contributed by atoms with E-state index in [1.165, 1.54) is 19.2 Å². The predicted octanol–water partition coefficient (Wildman–Crippen LogP) is 0.648. The second-order valence-electron chi connectivity index (χ2n) is 5.40. The molecule has 24 heavy (non-hydrogen) atoms. The van der Waals surface area contributed by atoms with Crippen LogP contribution in [0.5, 0.6) is 0 Å². The van der Waals surface area contributed by atoms with Gasteiger partial charge in [0.15, 0.2) is 0 Å². The van der Waals surface area contributed by atoms with Gasteiger partial charge in [-0.1, -0.05) is 0 Å². The summed E-state index contributed by atoms with van der Waals surface area (Å²) in [6, 6.07) is 3.99. The topological polar surface area (TPSA) is 95.8 Å². The number of terminal acetylenes is 1. The first-order valence-corrected chi connectivity index (χ1v) is 9.00. The molecule has 1 aliphatic rings. The smallest absolute Gasteiger partial charge is 0.293 e. The molecular weight excluding hydrogens is 332 g/mol. The highest BCUT2D eigenvalue weighted by atomic mass is 32.2. The van der Waals surface area contributed by atoms with Crippen LogP contribution in [0, 0.1) is 22.5 Å². The van der Waals surface area contributed by atoms with Gasteiger partial charge in [-0.2, -0.15) is 0 Å². The number of rotatable bonds is 6. The molecule has 1 aliphatic heterocycles. The van der Waals surface area contributed by atoms with E-state index in [0.717, 1.165) is 25.7 Å². The largest absolute Gasteiger partial charge is 0.363 e. The highest BCUT2D eigenvalue weighted by Gasteiger charge is 2.26. The van der Waals surface area contributed by atoms with Gasteiger partial charge in [-0.25, -0.2) is 13.1 Å². The molecule has 0 aliphatic carbocycles. The number of piperazine rings is 1. The van der Waals surface area contributed by atoms with Gasteiger partial charge >= 0.3 is 0 Å². The minimum atomic E-state index is -3.72. The molecule has 2 rings (SSSR count). The third-order valence-electron chi connectivity index (χ3n) is 4.01. The molecule has 0 unspecified atom stereocenters. The summed E-state index contributed by atoms with van der Waals surface area (Å²) in [5.41, 5.74) is 0.232. The standard InChI is InChI=1S/C15H20N4O4S/c1-3-4-7-17-8-10-18(11-9-17)14-6-5-13(24(22,23)16-2)12-15(14)19(20)21/h1,5-6,12,16H,4,7-11H2,2H3. The Kier molecular flexibility index (Phi) is 5.77. The maximum Gasteiger partial charge on any atom is 0.293 e. The monoisotopic (exact) mass is 352 g/mol. The first-order valence-electron chi connectivity index (χ1n) is 7.52. The van der Waals surface area contributed by atoms with Crippen LogP contribution in [0.25, 0.3) is 0 Å². The zero-order chi connectivity index (χ0) is 17.7. The summed E-state index contributed by atoms with van der Waals surface area (Å²) in [7, 11) is -2.45. The van der Waals surface area contributed by atoms with Crippen LogP contribution < -0.4 is 9.62 Å². The highest BCUT2D eigenvalue weighted by Crippen LogP contribution is 2.31. The lowest BCUT2D eigenvalue weighted by Gasteiger charge is -2.35. The molecule has 0 saturated carbocycles. The number of benzene rings is 1. The number of hydrogen-bond donors (Lipinski definition) is 1. The molecule has 0 amide bonds. The van der Waals surface area contributed by atoms with Crippen LogP contribution in [-0.2, 0) is 10.0 Å². The molecule has 0 spiro atoms. The van der Waals surface area contributed by atoms with Gasteiger partial charge in [0.2, 0.25) is 10.0 Å². The number of sulfonamides is 1. The van der Waals surface area contributed by atoms with Crippen LogP contribution in [-0.4, -0.2) is 58.0 Å². The summed E-state index contributed by atoms with van der Waals surface area (Å²) in [5.74, 6) is 2.60. The van der Waals surface area contributed by atoms with Gasteiger partial charge in [-0.05, 0) is 19.2 Å². The van der Waals surface area contributed by atoms with E-state index in [1.54, 1.807) is 0 Å². The Bertz CT molecular complexity index is 749. The summed E-state index contributed by atoms with van der Waals surface area (Å²) >= 11 is 0. The number of nitro groups is 1. The van der Waals surface area contributed by atoms with Gasteiger partial charge in [0.25, 0.3) is 5.69 Å². The number of hydrogen-bond acceptors (Lipinski definition) is 6. The quantitative estimate of drug-likeness (QED) is 0.459. The lowest BCUT2D eigenvalue weighted by atomic mass is 10.2. The van der Waals surface area contributed by atoms with E-state index in [0.29, 0.717) is 25.2 Å².